The summed E-state index contributed by atoms with van der Waals surface area (Å²) in [4.78, 5) is 64.9. The number of aromatic amines is 1. The molecule has 14 heteroatoms. The van der Waals surface area contributed by atoms with E-state index < -0.39 is 28.4 Å². The van der Waals surface area contributed by atoms with E-state index in [0.29, 0.717) is 21.2 Å². The van der Waals surface area contributed by atoms with E-state index in [-0.39, 0.29) is 36.6 Å². The molecule has 1 unspecified atom stereocenters. The molecule has 206 valence electrons. The Bertz CT molecular complexity index is 1810. The zero-order valence-corrected chi connectivity index (χ0v) is 23.2. The summed E-state index contributed by atoms with van der Waals surface area (Å²) < 4.78 is 4.10. The quantitative estimate of drug-likeness (QED) is 0.369. The summed E-state index contributed by atoms with van der Waals surface area (Å²) in [6.07, 6.45) is 1.62. The van der Waals surface area contributed by atoms with Crippen molar-refractivity contribution in [3.63, 3.8) is 0 Å². The van der Waals surface area contributed by atoms with Crippen molar-refractivity contribution in [2.24, 2.45) is 7.05 Å². The number of hydrogen-bond donors (Lipinski definition) is 2. The lowest BCUT2D eigenvalue weighted by molar-refractivity contribution is -0.0796. The number of β-amino-alcohol motifs (C(OH)–C–C–N with tert-alkyl or cyclic N) is 1. The van der Waals surface area contributed by atoms with Gasteiger partial charge in [0.05, 0.1) is 23.2 Å². The van der Waals surface area contributed by atoms with Crippen LogP contribution in [0.3, 0.4) is 0 Å². The first kappa shape index (κ1) is 26.7. The molecule has 0 radical (unpaired) electrons. The fraction of sp³-hybridized carbons (Fsp3) is 0.440. The topological polar surface area (TPSA) is 157 Å². The standard InChI is InChI=1S/C25H29N7O6S/c1-12(2)31-22-19(20(33)29(6)24(31)36)18(21(34)30-10-25(5,37)11-38-30)16(39-22)9-15-13(3)28-32(14(15)4)17-7-8-26-23(35)27-17/h7-8,12,37H,9-11H2,1-6H3,(H,26,27,35). The Morgan fingerprint density at radius 2 is 2.00 bits per heavy atom. The van der Waals surface area contributed by atoms with Crippen LogP contribution >= 0.6 is 11.3 Å². The predicted octanol–water partition coefficient (Wildman–Crippen LogP) is 0.958. The minimum atomic E-state index is -1.23. The maximum atomic E-state index is 13.9. The van der Waals surface area contributed by atoms with Crippen molar-refractivity contribution < 1.29 is 14.7 Å². The van der Waals surface area contributed by atoms with Gasteiger partial charge in [-0.2, -0.15) is 5.10 Å². The minimum absolute atomic E-state index is 0.0695. The molecule has 0 aliphatic carbocycles. The molecule has 1 aliphatic heterocycles. The van der Waals surface area contributed by atoms with Gasteiger partial charge < -0.3 is 5.11 Å². The maximum absolute atomic E-state index is 13.9. The summed E-state index contributed by atoms with van der Waals surface area (Å²) in [6.45, 7) is 8.75. The Hall–Kier alpha value is -3.88. The average Bonchev–Trinajstić information content (AvgIpc) is 3.51. The summed E-state index contributed by atoms with van der Waals surface area (Å²) in [5.41, 5.74) is -0.496. The van der Waals surface area contributed by atoms with E-state index in [2.05, 4.69) is 15.1 Å². The number of amides is 1. The van der Waals surface area contributed by atoms with Crippen molar-refractivity contribution >= 4 is 27.5 Å². The van der Waals surface area contributed by atoms with E-state index in [4.69, 9.17) is 4.84 Å². The first-order valence-corrected chi connectivity index (χ1v) is 13.2. The van der Waals surface area contributed by atoms with Crippen molar-refractivity contribution in [3.05, 3.63) is 71.0 Å². The molecule has 13 nitrogen and oxygen atoms in total. The summed E-state index contributed by atoms with van der Waals surface area (Å²) >= 11 is 1.20. The second-order valence-electron chi connectivity index (χ2n) is 10.3. The van der Waals surface area contributed by atoms with Crippen LogP contribution in [0.15, 0.2) is 26.6 Å². The number of carbonyl (C=O) groups is 1. The summed E-state index contributed by atoms with van der Waals surface area (Å²) in [6, 6.07) is 1.35. The second kappa shape index (κ2) is 9.39. The zero-order valence-electron chi connectivity index (χ0n) is 22.4. The van der Waals surface area contributed by atoms with Crippen LogP contribution in [-0.2, 0) is 18.3 Å². The molecule has 2 N–H and O–H groups in total. The number of aromatic nitrogens is 6. The van der Waals surface area contributed by atoms with Gasteiger partial charge in [-0.05, 0) is 40.7 Å². The summed E-state index contributed by atoms with van der Waals surface area (Å²) in [7, 11) is 1.39. The highest BCUT2D eigenvalue weighted by Gasteiger charge is 2.39. The van der Waals surface area contributed by atoms with Crippen LogP contribution in [0.2, 0.25) is 0 Å². The van der Waals surface area contributed by atoms with Gasteiger partial charge in [-0.25, -0.2) is 24.3 Å². The first-order chi connectivity index (χ1) is 18.3. The molecule has 1 amide bonds. The lowest BCUT2D eigenvalue weighted by Gasteiger charge is -2.17. The molecule has 1 saturated heterocycles. The van der Waals surface area contributed by atoms with E-state index in [1.54, 1.807) is 17.7 Å². The Morgan fingerprint density at radius 3 is 2.62 bits per heavy atom. The molecule has 0 spiro atoms. The average molecular weight is 556 g/mol. The van der Waals surface area contributed by atoms with Gasteiger partial charge >= 0.3 is 11.4 Å². The van der Waals surface area contributed by atoms with Crippen LogP contribution in [0.5, 0.6) is 0 Å². The molecule has 5 rings (SSSR count). The molecule has 1 atom stereocenters. The number of hydrogen-bond acceptors (Lipinski definition) is 9. The third kappa shape index (κ3) is 4.43. The Balaban J connectivity index is 1.74. The molecule has 0 saturated carbocycles. The molecule has 4 aromatic heterocycles. The van der Waals surface area contributed by atoms with Crippen LogP contribution < -0.4 is 16.9 Å². The van der Waals surface area contributed by atoms with Gasteiger partial charge in [-0.1, -0.05) is 0 Å². The van der Waals surface area contributed by atoms with E-state index in [1.165, 1.54) is 29.1 Å². The highest BCUT2D eigenvalue weighted by molar-refractivity contribution is 7.19. The van der Waals surface area contributed by atoms with Crippen molar-refractivity contribution in [2.75, 3.05) is 13.2 Å². The number of fused-ring (bicyclic) bond motifs is 1. The van der Waals surface area contributed by atoms with Crippen molar-refractivity contribution in [3.8, 4) is 5.82 Å². The number of thiophene rings is 1. The van der Waals surface area contributed by atoms with Crippen LogP contribution in [0, 0.1) is 13.8 Å². The SMILES string of the molecule is Cc1nn(-c2ccnc(=O)[nH]2)c(C)c1Cc1sc2c(c1C(=O)N1CC(C)(O)CO1)c(=O)n(C)c(=O)n2C(C)C. The number of aryl methyl sites for hydroxylation is 1. The summed E-state index contributed by atoms with van der Waals surface area (Å²) in [5.74, 6) is -0.133. The molecule has 0 aromatic carbocycles. The van der Waals surface area contributed by atoms with Crippen molar-refractivity contribution in [1.29, 1.82) is 0 Å². The highest BCUT2D eigenvalue weighted by Crippen LogP contribution is 2.35. The fourth-order valence-electron chi connectivity index (χ4n) is 4.82. The van der Waals surface area contributed by atoms with Crippen LogP contribution in [0.25, 0.3) is 16.0 Å². The van der Waals surface area contributed by atoms with Crippen molar-refractivity contribution in [2.45, 2.75) is 52.7 Å². The number of aliphatic hydroxyl groups is 1. The maximum Gasteiger partial charge on any atom is 0.346 e. The molecule has 1 aliphatic rings. The predicted molar refractivity (Wildman–Crippen MR) is 144 cm³/mol. The van der Waals surface area contributed by atoms with Crippen LogP contribution in [0.1, 0.15) is 59.0 Å². The molecule has 1 fully saturated rings. The van der Waals surface area contributed by atoms with Gasteiger partial charge in [-0.15, -0.1) is 11.3 Å². The van der Waals surface area contributed by atoms with E-state index in [0.717, 1.165) is 20.9 Å². The van der Waals surface area contributed by atoms with E-state index >= 15 is 0 Å². The van der Waals surface area contributed by atoms with Gasteiger partial charge in [-0.3, -0.25) is 28.5 Å². The number of carbonyl (C=O) groups excluding carboxylic acids is 1. The molecule has 4 aromatic rings. The first-order valence-electron chi connectivity index (χ1n) is 12.4. The Morgan fingerprint density at radius 1 is 1.28 bits per heavy atom. The minimum Gasteiger partial charge on any atom is -0.386 e. The molecule has 5 heterocycles. The smallest absolute Gasteiger partial charge is 0.346 e. The molecular formula is C25H29N7O6S. The molecule has 0 bridgehead atoms. The number of nitrogens with zero attached hydrogens (tertiary/aromatic N) is 6. The lowest BCUT2D eigenvalue weighted by atomic mass is 10.0. The Labute approximate surface area is 225 Å². The number of H-pyrrole nitrogens is 1. The zero-order chi connectivity index (χ0) is 28.4. The largest absolute Gasteiger partial charge is 0.386 e. The van der Waals surface area contributed by atoms with Gasteiger partial charge in [0.25, 0.3) is 11.5 Å². The normalized spacial score (nSPS) is 17.6. The second-order valence-corrected chi connectivity index (χ2v) is 11.4. The molecule has 39 heavy (non-hydrogen) atoms. The van der Waals surface area contributed by atoms with Crippen LogP contribution in [0.4, 0.5) is 0 Å². The number of nitrogens with one attached hydrogen (secondary N) is 1. The third-order valence-electron chi connectivity index (χ3n) is 6.83. The lowest BCUT2D eigenvalue weighted by Crippen LogP contribution is -2.39. The third-order valence-corrected chi connectivity index (χ3v) is 8.02. The summed E-state index contributed by atoms with van der Waals surface area (Å²) in [5, 5.41) is 16.2. The van der Waals surface area contributed by atoms with E-state index in [1.807, 2.05) is 27.7 Å². The van der Waals surface area contributed by atoms with Gasteiger partial charge in [0, 0.05) is 41.8 Å². The van der Waals surface area contributed by atoms with E-state index in [9.17, 15) is 24.3 Å². The Kier molecular flexibility index (Phi) is 6.44. The number of hydroxylamine groups is 2. The molecular weight excluding hydrogens is 526 g/mol. The van der Waals surface area contributed by atoms with Crippen LogP contribution in [-0.4, -0.2) is 63.7 Å². The fourth-order valence-corrected chi connectivity index (χ4v) is 6.24. The number of rotatable bonds is 5. The van der Waals surface area contributed by atoms with Crippen molar-refractivity contribution in [1.82, 2.24) is 33.9 Å². The van der Waals surface area contributed by atoms with Gasteiger partial charge in [0.2, 0.25) is 0 Å². The highest BCUT2D eigenvalue weighted by atomic mass is 32.1. The van der Waals surface area contributed by atoms with Gasteiger partial charge in [0.15, 0.2) is 0 Å². The van der Waals surface area contributed by atoms with Gasteiger partial charge in [0.1, 0.15) is 22.9 Å². The monoisotopic (exact) mass is 555 g/mol.